The second kappa shape index (κ2) is 6.74. The van der Waals surface area contributed by atoms with Crippen LogP contribution in [0.25, 0.3) is 0 Å². The van der Waals surface area contributed by atoms with Crippen LogP contribution in [0.2, 0.25) is 0 Å². The van der Waals surface area contributed by atoms with Crippen LogP contribution < -0.4 is 0 Å². The van der Waals surface area contributed by atoms with Gasteiger partial charge in [-0.3, -0.25) is 0 Å². The molecule has 0 aliphatic carbocycles. The largest absolute Gasteiger partial charge is 0.385 e. The molecule has 0 spiro atoms. The first-order chi connectivity index (χ1) is 10.1. The fraction of sp³-hybridized carbons (Fsp3) is 0.250. The summed E-state index contributed by atoms with van der Waals surface area (Å²) in [6.45, 7) is 2.01. The third kappa shape index (κ3) is 3.25. The summed E-state index contributed by atoms with van der Waals surface area (Å²) in [5, 5.41) is 10.3. The van der Waals surface area contributed by atoms with Gasteiger partial charge in [-0.2, -0.15) is 0 Å². The summed E-state index contributed by atoms with van der Waals surface area (Å²) < 4.78 is 45.5. The van der Waals surface area contributed by atoms with Gasteiger partial charge in [0.15, 0.2) is 17.5 Å². The highest BCUT2D eigenvalue weighted by Gasteiger charge is 2.27. The molecule has 0 aromatic heterocycles. The molecule has 0 fully saturated rings. The Bertz CT molecular complexity index is 602. The Morgan fingerprint density at radius 3 is 2.29 bits per heavy atom. The molecule has 2 aromatic carbocycles. The quantitative estimate of drug-likeness (QED) is 0.848. The molecule has 2 atom stereocenters. The maximum Gasteiger partial charge on any atom is 0.194 e. The Morgan fingerprint density at radius 1 is 1.00 bits per heavy atom. The lowest BCUT2D eigenvalue weighted by atomic mass is 9.97. The second-order valence-electron chi connectivity index (χ2n) is 4.50. The molecule has 2 aromatic rings. The van der Waals surface area contributed by atoms with Gasteiger partial charge in [0.25, 0.3) is 0 Å². The Hall–Kier alpha value is -1.85. The molecule has 0 radical (unpaired) electrons. The lowest BCUT2D eigenvalue weighted by Gasteiger charge is -2.24. The average Bonchev–Trinajstić information content (AvgIpc) is 2.51. The highest BCUT2D eigenvalue weighted by Crippen LogP contribution is 2.34. The van der Waals surface area contributed by atoms with Gasteiger partial charge >= 0.3 is 0 Å². The number of hydrogen-bond acceptors (Lipinski definition) is 2. The lowest BCUT2D eigenvalue weighted by molar-refractivity contribution is -0.0378. The molecule has 5 heteroatoms. The monoisotopic (exact) mass is 296 g/mol. The van der Waals surface area contributed by atoms with Crippen molar-refractivity contribution < 1.29 is 23.0 Å². The zero-order chi connectivity index (χ0) is 15.4. The Balaban J connectivity index is 2.40. The van der Waals surface area contributed by atoms with Crippen LogP contribution in [-0.2, 0) is 4.74 Å². The molecule has 2 unspecified atom stereocenters. The van der Waals surface area contributed by atoms with Gasteiger partial charge in [0.2, 0.25) is 0 Å². The fourth-order valence-electron chi connectivity index (χ4n) is 2.12. The molecule has 1 N–H and O–H groups in total. The summed E-state index contributed by atoms with van der Waals surface area (Å²) in [5.74, 6) is -4.30. The normalized spacial score (nSPS) is 14.0. The molecule has 0 saturated carbocycles. The van der Waals surface area contributed by atoms with E-state index in [0.717, 1.165) is 12.1 Å². The van der Waals surface area contributed by atoms with Gasteiger partial charge in [-0.05, 0) is 18.6 Å². The van der Waals surface area contributed by atoms with E-state index in [-0.39, 0.29) is 12.2 Å². The minimum atomic E-state index is -1.60. The van der Waals surface area contributed by atoms with E-state index >= 15 is 0 Å². The first kappa shape index (κ1) is 15.5. The molecule has 0 saturated heterocycles. The van der Waals surface area contributed by atoms with E-state index < -0.39 is 29.7 Å². The van der Waals surface area contributed by atoms with Gasteiger partial charge in [0.1, 0.15) is 12.2 Å². The first-order valence-electron chi connectivity index (χ1n) is 6.54. The molecule has 0 bridgehead atoms. The number of halogens is 3. The summed E-state index contributed by atoms with van der Waals surface area (Å²) in [4.78, 5) is 0. The van der Waals surface area contributed by atoms with Gasteiger partial charge < -0.3 is 9.84 Å². The number of benzene rings is 2. The molecule has 0 aliphatic heterocycles. The zero-order valence-electron chi connectivity index (χ0n) is 11.4. The van der Waals surface area contributed by atoms with Crippen molar-refractivity contribution in [1.29, 1.82) is 0 Å². The Kier molecular flexibility index (Phi) is 4.98. The summed E-state index contributed by atoms with van der Waals surface area (Å²) in [5.41, 5.74) is 0.284. The zero-order valence-corrected chi connectivity index (χ0v) is 11.4. The predicted octanol–water partition coefficient (Wildman–Crippen LogP) is 3.92. The van der Waals surface area contributed by atoms with Crippen molar-refractivity contribution in [2.75, 3.05) is 6.61 Å². The molecular formula is C16H15F3O2. The van der Waals surface area contributed by atoms with Crippen LogP contribution in [0.15, 0.2) is 42.5 Å². The number of aliphatic hydroxyl groups is 1. The van der Waals surface area contributed by atoms with E-state index in [1.807, 2.05) is 0 Å². The standard InChI is InChI=1S/C16H15F3O2/c1-2-21-16(10-6-4-3-5-7-10)15(20)11-8-9-12(17)14(19)13(11)18/h3-9,15-16,20H,2H2,1H3. The molecule has 112 valence electrons. The van der Waals surface area contributed by atoms with Crippen LogP contribution in [0.3, 0.4) is 0 Å². The van der Waals surface area contributed by atoms with Crippen molar-refractivity contribution in [3.05, 3.63) is 71.0 Å². The molecule has 2 nitrogen and oxygen atoms in total. The second-order valence-corrected chi connectivity index (χ2v) is 4.50. The van der Waals surface area contributed by atoms with Crippen LogP contribution in [0.1, 0.15) is 30.3 Å². The number of ether oxygens (including phenoxy) is 1. The topological polar surface area (TPSA) is 29.5 Å². The molecule has 21 heavy (non-hydrogen) atoms. The van der Waals surface area contributed by atoms with E-state index in [9.17, 15) is 18.3 Å². The van der Waals surface area contributed by atoms with Gasteiger partial charge in [0, 0.05) is 12.2 Å². The summed E-state index contributed by atoms with van der Waals surface area (Å²) in [7, 11) is 0. The number of hydrogen-bond donors (Lipinski definition) is 1. The van der Waals surface area contributed by atoms with Gasteiger partial charge in [0.05, 0.1) is 0 Å². The van der Waals surface area contributed by atoms with Gasteiger partial charge in [-0.1, -0.05) is 36.4 Å². The smallest absolute Gasteiger partial charge is 0.194 e. The minimum absolute atomic E-state index is 0.280. The van der Waals surface area contributed by atoms with Crippen LogP contribution in [0.4, 0.5) is 13.2 Å². The van der Waals surface area contributed by atoms with Crippen LogP contribution in [0.5, 0.6) is 0 Å². The van der Waals surface area contributed by atoms with E-state index in [2.05, 4.69) is 0 Å². The molecule has 0 heterocycles. The van der Waals surface area contributed by atoms with Crippen molar-refractivity contribution in [1.82, 2.24) is 0 Å². The highest BCUT2D eigenvalue weighted by atomic mass is 19.2. The first-order valence-corrected chi connectivity index (χ1v) is 6.54. The number of rotatable bonds is 5. The molecule has 0 aliphatic rings. The van der Waals surface area contributed by atoms with Crippen molar-refractivity contribution in [3.63, 3.8) is 0 Å². The SMILES string of the molecule is CCOC(c1ccccc1)C(O)c1ccc(F)c(F)c1F. The van der Waals surface area contributed by atoms with Crippen molar-refractivity contribution in [2.45, 2.75) is 19.1 Å². The summed E-state index contributed by atoms with van der Waals surface area (Å²) in [6, 6.07) is 10.5. The van der Waals surface area contributed by atoms with Crippen molar-refractivity contribution in [2.24, 2.45) is 0 Å². The van der Waals surface area contributed by atoms with Crippen LogP contribution >= 0.6 is 0 Å². The third-order valence-corrected chi connectivity index (χ3v) is 3.14. The number of aliphatic hydroxyl groups excluding tert-OH is 1. The van der Waals surface area contributed by atoms with Crippen molar-refractivity contribution in [3.8, 4) is 0 Å². The third-order valence-electron chi connectivity index (χ3n) is 3.14. The summed E-state index contributed by atoms with van der Waals surface area (Å²) in [6.07, 6.45) is -2.31. The van der Waals surface area contributed by atoms with Crippen molar-refractivity contribution >= 4 is 0 Å². The lowest BCUT2D eigenvalue weighted by Crippen LogP contribution is -2.16. The van der Waals surface area contributed by atoms with E-state index in [1.165, 1.54) is 0 Å². The van der Waals surface area contributed by atoms with Crippen LogP contribution in [0, 0.1) is 17.5 Å². The minimum Gasteiger partial charge on any atom is -0.385 e. The summed E-state index contributed by atoms with van der Waals surface area (Å²) >= 11 is 0. The maximum absolute atomic E-state index is 13.8. The van der Waals surface area contributed by atoms with Gasteiger partial charge in [-0.15, -0.1) is 0 Å². The Labute approximate surface area is 120 Å². The Morgan fingerprint density at radius 2 is 1.67 bits per heavy atom. The van der Waals surface area contributed by atoms with E-state index in [0.29, 0.717) is 5.56 Å². The van der Waals surface area contributed by atoms with Crippen LogP contribution in [-0.4, -0.2) is 11.7 Å². The molecular weight excluding hydrogens is 281 g/mol. The molecule has 0 amide bonds. The highest BCUT2D eigenvalue weighted by molar-refractivity contribution is 5.27. The van der Waals surface area contributed by atoms with E-state index in [4.69, 9.17) is 4.74 Å². The van der Waals surface area contributed by atoms with E-state index in [1.54, 1.807) is 37.3 Å². The average molecular weight is 296 g/mol. The molecule has 2 rings (SSSR count). The predicted molar refractivity (Wildman–Crippen MR) is 72.1 cm³/mol. The van der Waals surface area contributed by atoms with Gasteiger partial charge in [-0.25, -0.2) is 13.2 Å². The maximum atomic E-state index is 13.8. The fourth-order valence-corrected chi connectivity index (χ4v) is 2.12.